The SMILES string of the molecule is CCC(C(=O)O)C1CCC(C)C(C(C)C(O)C(C)C(=O)C(CC)C2OC3(C=CC(O)C4(CCC(C)(C5CCC(O)(CC)C(C)O5)O4)O3)C(C)CC2C)O1.COc1cc(O)c(C(=O)C=Cc2ccccc2)c(OC)c1.[NaH]. The summed E-state index contributed by atoms with van der Waals surface area (Å²) in [6.45, 7) is 19.6. The number of carbonyl (C=O) groups is 3. The summed E-state index contributed by atoms with van der Waals surface area (Å²) in [5, 5.41) is 53.9. The van der Waals surface area contributed by atoms with Crippen molar-refractivity contribution in [1.82, 2.24) is 0 Å². The average molecular weight is 1060 g/mol. The van der Waals surface area contributed by atoms with E-state index >= 15 is 0 Å². The number of aromatic hydroxyl groups is 1. The van der Waals surface area contributed by atoms with Crippen molar-refractivity contribution in [3.8, 4) is 17.2 Å². The Labute approximate surface area is 467 Å². The summed E-state index contributed by atoms with van der Waals surface area (Å²) >= 11 is 0. The van der Waals surface area contributed by atoms with E-state index in [1.54, 1.807) is 31.2 Å². The number of aliphatic hydroxyl groups excluding tert-OH is 2. The molecule has 5 aliphatic rings. The van der Waals surface area contributed by atoms with Gasteiger partial charge in [-0.05, 0) is 107 Å². The number of phenolic OH excluding ortho intramolecular Hbond substituents is 1. The molecule has 2 aromatic rings. The summed E-state index contributed by atoms with van der Waals surface area (Å²) in [6.07, 6.45) is 8.59. The standard InChI is InChI=1S/C42H70O11.C17H16O4.Na.H/c1-11-29(38(46)47)31-15-14-23(4)36(50-31)27(8)34(44)26(7)35(45)30(12-2)37-24(5)22-25(6)41(51-37)19-16-32(43)42(53-41)21-20-39(10,52-42)33-17-18-40(48,13-3)28(9)49-33;1-20-13-10-15(19)17(16(11-13)21-2)14(18)9-8-12-6-4-3-5-7-12;;/h16,19,23-34,36-37,43-44,48H,11-15,17-18,20-22H2,1-10H3,(H,46,47);3-11,19H,1-2H3;;. The third-order valence-electron chi connectivity index (χ3n) is 17.4. The van der Waals surface area contributed by atoms with Crippen LogP contribution < -0.4 is 9.47 Å². The molecule has 0 bridgehead atoms. The number of Topliss-reactive ketones (excluding diaryl/α,β-unsaturated/α-hetero) is 1. The molecular weight excluding hydrogens is 972 g/mol. The Morgan fingerprint density at radius 1 is 0.867 bits per heavy atom. The Balaban J connectivity index is 0.000000395. The summed E-state index contributed by atoms with van der Waals surface area (Å²) < 4.78 is 43.7. The van der Waals surface area contributed by atoms with Gasteiger partial charge in [-0.2, -0.15) is 0 Å². The number of carboxylic acids is 1. The Morgan fingerprint density at radius 2 is 1.55 bits per heavy atom. The summed E-state index contributed by atoms with van der Waals surface area (Å²) in [6, 6.07) is 12.4. The quantitative estimate of drug-likeness (QED) is 0.0433. The van der Waals surface area contributed by atoms with Crippen LogP contribution in [0.4, 0.5) is 0 Å². The van der Waals surface area contributed by atoms with Crippen LogP contribution in [0.15, 0.2) is 60.7 Å². The fraction of sp³-hybridized carbons (Fsp3) is 0.678. The molecule has 0 radical (unpaired) electrons. The van der Waals surface area contributed by atoms with Crippen molar-refractivity contribution < 1.29 is 73.1 Å². The van der Waals surface area contributed by atoms with Gasteiger partial charge in [0, 0.05) is 42.2 Å². The first-order chi connectivity index (χ1) is 35.0. The molecule has 5 heterocycles. The first-order valence-electron chi connectivity index (χ1n) is 27.1. The number of rotatable bonds is 17. The predicted octanol–water partition coefficient (Wildman–Crippen LogP) is 8.85. The van der Waals surface area contributed by atoms with E-state index in [0.717, 1.165) is 12.0 Å². The van der Waals surface area contributed by atoms with Crippen molar-refractivity contribution >= 4 is 53.2 Å². The van der Waals surface area contributed by atoms with Crippen LogP contribution in [0.1, 0.15) is 149 Å². The Hall–Kier alpha value is -3.19. The molecule has 2 aromatic carbocycles. The summed E-state index contributed by atoms with van der Waals surface area (Å²) in [7, 11) is 2.91. The number of carbonyl (C=O) groups excluding carboxylic acids is 2. The normalized spacial score (nSPS) is 35.6. The van der Waals surface area contributed by atoms with Gasteiger partial charge in [-0.15, -0.1) is 0 Å². The van der Waals surface area contributed by atoms with Crippen LogP contribution in [0.2, 0.25) is 0 Å². The number of methoxy groups -OCH3 is 2. The van der Waals surface area contributed by atoms with Crippen molar-refractivity contribution in [2.45, 2.75) is 199 Å². The van der Waals surface area contributed by atoms with Gasteiger partial charge in [0.1, 0.15) is 34.7 Å². The molecule has 18 atom stereocenters. The molecule has 7 rings (SSSR count). The second-order valence-electron chi connectivity index (χ2n) is 22.2. The average Bonchev–Trinajstić information content (AvgIpc) is 3.73. The van der Waals surface area contributed by atoms with Crippen LogP contribution in [0.5, 0.6) is 17.2 Å². The van der Waals surface area contributed by atoms with Gasteiger partial charge in [0.25, 0.3) is 0 Å². The fourth-order valence-corrected chi connectivity index (χ4v) is 12.4. The van der Waals surface area contributed by atoms with Gasteiger partial charge >= 0.3 is 35.5 Å². The van der Waals surface area contributed by atoms with E-state index in [-0.39, 0.29) is 94.3 Å². The molecule has 15 nitrogen and oxygen atoms in total. The van der Waals surface area contributed by atoms with Gasteiger partial charge in [0.05, 0.1) is 68.0 Å². The number of hydrogen-bond acceptors (Lipinski definition) is 14. The van der Waals surface area contributed by atoms with Crippen molar-refractivity contribution in [3.63, 3.8) is 0 Å². The molecule has 0 saturated carbocycles. The fourth-order valence-electron chi connectivity index (χ4n) is 12.4. The number of phenols is 1. The van der Waals surface area contributed by atoms with Crippen molar-refractivity contribution in [3.05, 3.63) is 71.8 Å². The van der Waals surface area contributed by atoms with Gasteiger partial charge in [0.15, 0.2) is 11.6 Å². The molecule has 4 saturated heterocycles. The van der Waals surface area contributed by atoms with Gasteiger partial charge in [-0.1, -0.05) is 91.8 Å². The van der Waals surface area contributed by atoms with Crippen LogP contribution in [0.3, 0.4) is 0 Å². The first-order valence-corrected chi connectivity index (χ1v) is 27.1. The molecule has 0 aliphatic carbocycles. The van der Waals surface area contributed by atoms with Gasteiger partial charge in [-0.3, -0.25) is 14.4 Å². The second-order valence-corrected chi connectivity index (χ2v) is 22.2. The topological polar surface area (TPSA) is 217 Å². The zero-order valence-corrected chi connectivity index (χ0v) is 45.8. The number of hydrogen-bond donors (Lipinski definition) is 5. The van der Waals surface area contributed by atoms with E-state index < -0.39 is 76.8 Å². The van der Waals surface area contributed by atoms with E-state index in [2.05, 4.69) is 20.8 Å². The summed E-state index contributed by atoms with van der Waals surface area (Å²) in [5.74, 6) is -5.60. The van der Waals surface area contributed by atoms with Crippen molar-refractivity contribution in [2.24, 2.45) is 41.4 Å². The van der Waals surface area contributed by atoms with Gasteiger partial charge in [0.2, 0.25) is 5.79 Å². The monoisotopic (exact) mass is 1060 g/mol. The maximum atomic E-state index is 14.4. The molecule has 414 valence electrons. The van der Waals surface area contributed by atoms with E-state index in [0.29, 0.717) is 63.5 Å². The summed E-state index contributed by atoms with van der Waals surface area (Å²) in [4.78, 5) is 38.6. The van der Waals surface area contributed by atoms with Gasteiger partial charge in [-0.25, -0.2) is 0 Å². The molecule has 0 amide bonds. The molecule has 5 aliphatic heterocycles. The Morgan fingerprint density at radius 3 is 2.15 bits per heavy atom. The van der Waals surface area contributed by atoms with Crippen molar-refractivity contribution in [2.75, 3.05) is 14.2 Å². The maximum absolute atomic E-state index is 14.4. The molecule has 0 aromatic heterocycles. The van der Waals surface area contributed by atoms with Crippen LogP contribution in [-0.2, 0) is 33.3 Å². The first kappa shape index (κ1) is 62.7. The number of aliphatic hydroxyl groups is 3. The minimum absolute atomic E-state index is 0. The number of carboxylic acid groups (broad SMARTS) is 1. The number of aliphatic carboxylic acids is 1. The number of allylic oxidation sites excluding steroid dienone is 1. The molecular formula is C59H87NaO15. The van der Waals surface area contributed by atoms with E-state index in [1.807, 2.05) is 71.9 Å². The number of benzene rings is 2. The number of ketones is 2. The van der Waals surface area contributed by atoms with E-state index in [1.165, 1.54) is 26.4 Å². The van der Waals surface area contributed by atoms with E-state index in [4.69, 9.17) is 33.2 Å². The minimum atomic E-state index is -1.37. The molecule has 2 spiro atoms. The van der Waals surface area contributed by atoms with Crippen LogP contribution >= 0.6 is 0 Å². The predicted molar refractivity (Wildman–Crippen MR) is 287 cm³/mol. The third kappa shape index (κ3) is 13.5. The molecule has 5 N–H and O–H groups in total. The molecule has 4 fully saturated rings. The molecule has 18 unspecified atom stereocenters. The number of ether oxygens (including phenoxy) is 7. The summed E-state index contributed by atoms with van der Waals surface area (Å²) in [5.41, 5.74) is -0.614. The third-order valence-corrected chi connectivity index (χ3v) is 17.4. The van der Waals surface area contributed by atoms with Crippen LogP contribution in [0.25, 0.3) is 6.08 Å². The van der Waals surface area contributed by atoms with Gasteiger partial charge < -0.3 is 58.7 Å². The van der Waals surface area contributed by atoms with Crippen LogP contribution in [-0.4, -0.2) is 152 Å². The van der Waals surface area contributed by atoms with Crippen LogP contribution in [0, 0.1) is 41.4 Å². The molecule has 75 heavy (non-hydrogen) atoms. The second kappa shape index (κ2) is 26.2. The Kier molecular flexibility index (Phi) is 21.9. The Bertz CT molecular complexity index is 2290. The van der Waals surface area contributed by atoms with Crippen molar-refractivity contribution in [1.29, 1.82) is 0 Å². The zero-order valence-electron chi connectivity index (χ0n) is 45.8. The zero-order chi connectivity index (χ0) is 54.5. The van der Waals surface area contributed by atoms with E-state index in [9.17, 15) is 39.9 Å². The molecule has 16 heteroatoms.